The number of nitrogens with one attached hydrogen (secondary N) is 2. The predicted molar refractivity (Wildman–Crippen MR) is 241 cm³/mol. The van der Waals surface area contributed by atoms with E-state index in [1.165, 1.54) is 150 Å². The maximum absolute atomic E-state index is 13.1. The van der Waals surface area contributed by atoms with Gasteiger partial charge in [0.2, 0.25) is 11.8 Å². The Hall–Kier alpha value is -1.42. The molecule has 0 rings (SSSR count). The SMILES string of the molecule is CCCCCCCCCCCCCCCC(=O)N[C@@H](CSSC[C@H](NC(=O)CCCCCCCCCCCCCCC)C(=O)OC(C)(C)C)C(=O)OC(C)(C)C. The second kappa shape index (κ2) is 35.5. The van der Waals surface area contributed by atoms with Crippen molar-refractivity contribution in [3.8, 4) is 0 Å². The van der Waals surface area contributed by atoms with Gasteiger partial charge in [-0.2, -0.15) is 0 Å². The van der Waals surface area contributed by atoms with E-state index >= 15 is 0 Å². The molecule has 8 nitrogen and oxygen atoms in total. The highest BCUT2D eigenvalue weighted by molar-refractivity contribution is 8.76. The fourth-order valence-corrected chi connectivity index (χ4v) is 8.75. The molecule has 56 heavy (non-hydrogen) atoms. The van der Waals surface area contributed by atoms with E-state index in [-0.39, 0.29) is 23.3 Å². The number of amides is 2. The molecule has 330 valence electrons. The van der Waals surface area contributed by atoms with Crippen molar-refractivity contribution in [1.29, 1.82) is 0 Å². The summed E-state index contributed by atoms with van der Waals surface area (Å²) in [6.45, 7) is 15.4. The highest BCUT2D eigenvalue weighted by Crippen LogP contribution is 2.25. The van der Waals surface area contributed by atoms with Crippen LogP contribution in [-0.4, -0.2) is 58.5 Å². The molecule has 0 radical (unpaired) electrons. The second-order valence-electron chi connectivity index (χ2n) is 17.9. The number of carbonyl (C=O) groups excluding carboxylic acids is 4. The number of unbranched alkanes of at least 4 members (excludes halogenated alkanes) is 24. The largest absolute Gasteiger partial charge is 0.458 e. The average Bonchev–Trinajstić information content (AvgIpc) is 3.11. The summed E-state index contributed by atoms with van der Waals surface area (Å²) in [6.07, 6.45) is 33.0. The molecule has 10 heteroatoms. The molecule has 2 amide bonds. The Bertz CT molecular complexity index is 919. The summed E-state index contributed by atoms with van der Waals surface area (Å²) in [6, 6.07) is -1.63. The third kappa shape index (κ3) is 36.9. The Morgan fingerprint density at radius 1 is 0.411 bits per heavy atom. The van der Waals surface area contributed by atoms with Gasteiger partial charge in [-0.25, -0.2) is 9.59 Å². The first-order valence-electron chi connectivity index (χ1n) is 23.0. The summed E-state index contributed by atoms with van der Waals surface area (Å²) in [5.41, 5.74) is -1.38. The summed E-state index contributed by atoms with van der Waals surface area (Å²) >= 11 is 0. The van der Waals surface area contributed by atoms with Crippen LogP contribution in [0.4, 0.5) is 0 Å². The van der Waals surface area contributed by atoms with Crippen molar-refractivity contribution >= 4 is 45.3 Å². The Labute approximate surface area is 353 Å². The fourth-order valence-electron chi connectivity index (χ4n) is 6.46. The van der Waals surface area contributed by atoms with Gasteiger partial charge in [0.05, 0.1) is 0 Å². The summed E-state index contributed by atoms with van der Waals surface area (Å²) in [5, 5.41) is 5.81. The van der Waals surface area contributed by atoms with Gasteiger partial charge >= 0.3 is 11.9 Å². The third-order valence-electron chi connectivity index (χ3n) is 9.62. The van der Waals surface area contributed by atoms with Crippen LogP contribution in [0.5, 0.6) is 0 Å². The molecular weight excluding hydrogens is 741 g/mol. The van der Waals surface area contributed by atoms with Crippen molar-refractivity contribution in [2.24, 2.45) is 0 Å². The first kappa shape index (κ1) is 54.6. The third-order valence-corrected chi connectivity index (χ3v) is 12.0. The van der Waals surface area contributed by atoms with Gasteiger partial charge in [0.1, 0.15) is 23.3 Å². The predicted octanol–water partition coefficient (Wildman–Crippen LogP) is 13.0. The molecule has 0 aromatic heterocycles. The van der Waals surface area contributed by atoms with Gasteiger partial charge in [0.25, 0.3) is 0 Å². The molecule has 0 saturated heterocycles. The summed E-state index contributed by atoms with van der Waals surface area (Å²) in [5.74, 6) is -0.697. The van der Waals surface area contributed by atoms with E-state index in [2.05, 4.69) is 24.5 Å². The molecular formula is C46H88N2O6S2. The number of carbonyl (C=O) groups is 4. The van der Waals surface area contributed by atoms with Crippen molar-refractivity contribution in [2.75, 3.05) is 11.5 Å². The van der Waals surface area contributed by atoms with E-state index in [4.69, 9.17) is 9.47 Å². The maximum atomic E-state index is 13.1. The van der Waals surface area contributed by atoms with Gasteiger partial charge in [-0.15, -0.1) is 0 Å². The molecule has 0 aromatic rings. The summed E-state index contributed by atoms with van der Waals surface area (Å²) < 4.78 is 11.3. The zero-order valence-electron chi connectivity index (χ0n) is 37.6. The van der Waals surface area contributed by atoms with Crippen molar-refractivity contribution in [2.45, 2.75) is 258 Å². The molecule has 0 unspecified atom stereocenters. The Balaban J connectivity index is 4.68. The molecule has 2 N–H and O–H groups in total. The van der Waals surface area contributed by atoms with Crippen LogP contribution in [0, 0.1) is 0 Å². The van der Waals surface area contributed by atoms with Crippen LogP contribution < -0.4 is 10.6 Å². The molecule has 0 fully saturated rings. The van der Waals surface area contributed by atoms with Crippen LogP contribution in [0.3, 0.4) is 0 Å². The quantitative estimate of drug-likeness (QED) is 0.0362. The van der Waals surface area contributed by atoms with E-state index < -0.39 is 35.2 Å². The van der Waals surface area contributed by atoms with Gasteiger partial charge < -0.3 is 20.1 Å². The van der Waals surface area contributed by atoms with E-state index in [9.17, 15) is 19.2 Å². The molecule has 2 atom stereocenters. The van der Waals surface area contributed by atoms with Gasteiger partial charge in [-0.1, -0.05) is 190 Å². The number of hydrogen-bond donors (Lipinski definition) is 2. The molecule has 0 aliphatic rings. The number of hydrogen-bond acceptors (Lipinski definition) is 8. The lowest BCUT2D eigenvalue weighted by atomic mass is 10.0. The molecule has 0 heterocycles. The number of ether oxygens (including phenoxy) is 2. The van der Waals surface area contributed by atoms with Crippen LogP contribution in [0.1, 0.15) is 235 Å². The summed E-state index contributed by atoms with van der Waals surface area (Å²) in [4.78, 5) is 52.0. The zero-order chi connectivity index (χ0) is 41.9. The Morgan fingerprint density at radius 2 is 0.643 bits per heavy atom. The molecule has 0 aromatic carbocycles. The lowest BCUT2D eigenvalue weighted by molar-refractivity contribution is -0.158. The minimum Gasteiger partial charge on any atom is -0.458 e. The molecule has 0 aliphatic carbocycles. The number of esters is 2. The lowest BCUT2D eigenvalue weighted by Crippen LogP contribution is -2.46. The fraction of sp³-hybridized carbons (Fsp3) is 0.913. The van der Waals surface area contributed by atoms with Crippen molar-refractivity contribution in [1.82, 2.24) is 10.6 Å². The second-order valence-corrected chi connectivity index (χ2v) is 20.4. The molecule has 0 bridgehead atoms. The van der Waals surface area contributed by atoms with Crippen molar-refractivity contribution in [3.05, 3.63) is 0 Å². The monoisotopic (exact) mass is 829 g/mol. The summed E-state index contributed by atoms with van der Waals surface area (Å²) in [7, 11) is 2.75. The normalized spacial score (nSPS) is 12.9. The smallest absolute Gasteiger partial charge is 0.330 e. The molecule has 0 saturated carbocycles. The van der Waals surface area contributed by atoms with Crippen LogP contribution in [0.15, 0.2) is 0 Å². The van der Waals surface area contributed by atoms with Crippen LogP contribution in [-0.2, 0) is 28.7 Å². The first-order valence-corrected chi connectivity index (χ1v) is 25.5. The van der Waals surface area contributed by atoms with Crippen LogP contribution in [0.2, 0.25) is 0 Å². The van der Waals surface area contributed by atoms with E-state index in [0.717, 1.165) is 38.5 Å². The van der Waals surface area contributed by atoms with E-state index in [0.29, 0.717) is 12.8 Å². The Kier molecular flexibility index (Phi) is 34.6. The Morgan fingerprint density at radius 3 is 0.875 bits per heavy atom. The highest BCUT2D eigenvalue weighted by atomic mass is 33.1. The topological polar surface area (TPSA) is 111 Å². The van der Waals surface area contributed by atoms with E-state index in [1.54, 1.807) is 0 Å². The standard InChI is InChI=1S/C46H88N2O6S2/c1-9-11-13-15-17-19-21-23-25-27-29-31-33-35-41(49)47-39(43(51)53-45(3,4)5)37-55-56-38-40(44(52)54-46(6,7)8)48-42(50)36-34-32-30-28-26-24-22-20-18-16-14-12-10-2/h39-40H,9-38H2,1-8H3,(H,47,49)(H,48,50)/t39-,40-/m0/s1. The van der Waals surface area contributed by atoms with E-state index in [1.807, 2.05) is 41.5 Å². The number of rotatable bonds is 37. The first-order chi connectivity index (χ1) is 26.7. The highest BCUT2D eigenvalue weighted by Gasteiger charge is 2.29. The average molecular weight is 829 g/mol. The van der Waals surface area contributed by atoms with Gasteiger partial charge in [0, 0.05) is 24.3 Å². The van der Waals surface area contributed by atoms with Gasteiger partial charge in [0.15, 0.2) is 0 Å². The van der Waals surface area contributed by atoms with Gasteiger partial charge in [-0.05, 0) is 54.4 Å². The molecule has 0 spiro atoms. The van der Waals surface area contributed by atoms with Gasteiger partial charge in [-0.3, -0.25) is 9.59 Å². The molecule has 0 aliphatic heterocycles. The lowest BCUT2D eigenvalue weighted by Gasteiger charge is -2.25. The van der Waals surface area contributed by atoms with Crippen LogP contribution in [0.25, 0.3) is 0 Å². The van der Waals surface area contributed by atoms with Crippen LogP contribution >= 0.6 is 21.6 Å². The minimum atomic E-state index is -0.814. The van der Waals surface area contributed by atoms with Crippen molar-refractivity contribution < 1.29 is 28.7 Å². The minimum absolute atomic E-state index is 0.151. The zero-order valence-corrected chi connectivity index (χ0v) is 39.3. The maximum Gasteiger partial charge on any atom is 0.330 e. The van der Waals surface area contributed by atoms with Crippen molar-refractivity contribution in [3.63, 3.8) is 0 Å².